The van der Waals surface area contributed by atoms with Gasteiger partial charge in [0.1, 0.15) is 11.4 Å². The number of carbonyl (C=O) groups is 4. The summed E-state index contributed by atoms with van der Waals surface area (Å²) in [5.74, 6) is -2.35. The maximum atomic E-state index is 11.6. The van der Waals surface area contributed by atoms with E-state index in [0.717, 1.165) is 18.2 Å². The molecule has 0 aliphatic rings. The predicted molar refractivity (Wildman–Crippen MR) is 95.9 cm³/mol. The molecule has 1 aromatic heterocycles. The predicted octanol–water partition coefficient (Wildman–Crippen LogP) is 0.107. The van der Waals surface area contributed by atoms with Gasteiger partial charge in [0, 0.05) is 12.7 Å². The molecule has 11 nitrogen and oxygen atoms in total. The van der Waals surface area contributed by atoms with Gasteiger partial charge >= 0.3 is 18.0 Å². The van der Waals surface area contributed by atoms with E-state index in [-0.39, 0.29) is 28.9 Å². The zero-order valence-electron chi connectivity index (χ0n) is 14.9. The maximum Gasteiger partial charge on any atom is 0.343 e. The van der Waals surface area contributed by atoms with Gasteiger partial charge in [-0.05, 0) is 13.3 Å². The highest BCUT2D eigenvalue weighted by Crippen LogP contribution is 2.17. The molecule has 1 rings (SSSR count). The molecule has 0 unspecified atom stereocenters. The molecule has 0 radical (unpaired) electrons. The molecule has 0 fully saturated rings. The first-order chi connectivity index (χ1) is 12.9. The Kier molecular flexibility index (Phi) is 9.58. The van der Waals surface area contributed by atoms with Crippen LogP contribution in [0.25, 0.3) is 0 Å². The van der Waals surface area contributed by atoms with Gasteiger partial charge in [-0.25, -0.2) is 19.6 Å². The fourth-order valence-corrected chi connectivity index (χ4v) is 2.19. The number of imide groups is 1. The smallest absolute Gasteiger partial charge is 0.343 e. The summed E-state index contributed by atoms with van der Waals surface area (Å²) in [5, 5.41) is 4.62. The van der Waals surface area contributed by atoms with Gasteiger partial charge in [-0.3, -0.25) is 14.9 Å². The van der Waals surface area contributed by atoms with Crippen LogP contribution in [0, 0.1) is 0 Å². The molecule has 0 spiro atoms. The number of nitrogen functional groups attached to an aromatic ring is 1. The normalized spacial score (nSPS) is 10.0. The number of amides is 3. The Morgan fingerprint density at radius 3 is 2.59 bits per heavy atom. The Hall–Kier alpha value is -2.89. The van der Waals surface area contributed by atoms with Crippen molar-refractivity contribution in [2.45, 2.75) is 25.4 Å². The summed E-state index contributed by atoms with van der Waals surface area (Å²) in [6.45, 7) is 3.54. The lowest BCUT2D eigenvalue weighted by Crippen LogP contribution is -2.41. The van der Waals surface area contributed by atoms with Crippen LogP contribution >= 0.6 is 11.8 Å². The number of urea groups is 1. The molecule has 1 heterocycles. The van der Waals surface area contributed by atoms with Crippen LogP contribution < -0.4 is 16.4 Å². The van der Waals surface area contributed by atoms with Gasteiger partial charge in [0.25, 0.3) is 5.91 Å². The van der Waals surface area contributed by atoms with Crippen LogP contribution in [-0.2, 0) is 19.1 Å². The third-order valence-corrected chi connectivity index (χ3v) is 3.60. The topological polar surface area (TPSA) is 163 Å². The molecule has 4 N–H and O–H groups in total. The molecular weight excluding hydrogens is 378 g/mol. The molecule has 1 aromatic rings. The zero-order valence-corrected chi connectivity index (χ0v) is 15.8. The zero-order chi connectivity index (χ0) is 20.2. The standard InChI is InChI=1S/C15H21N5O6S/c1-3-5-17-14(24)19-10(21)7-26-11(22)8-27-15-18-6-9(12(16)20-15)13(23)25-4-2/h6H,3-5,7-8H2,1-2H3,(H2,16,18,20)(H2,17,19,21,24). The second kappa shape index (κ2) is 11.7. The Labute approximate surface area is 159 Å². The number of thioether (sulfide) groups is 1. The highest BCUT2D eigenvalue weighted by atomic mass is 32.2. The number of ether oxygens (including phenoxy) is 2. The van der Waals surface area contributed by atoms with E-state index < -0.39 is 30.5 Å². The number of hydrogen-bond donors (Lipinski definition) is 3. The summed E-state index contributed by atoms with van der Waals surface area (Å²) in [6.07, 6.45) is 1.93. The van der Waals surface area contributed by atoms with E-state index in [2.05, 4.69) is 15.3 Å². The molecule has 0 aromatic carbocycles. The average molecular weight is 399 g/mol. The first-order valence-electron chi connectivity index (χ1n) is 8.03. The van der Waals surface area contributed by atoms with Gasteiger partial charge in [-0.1, -0.05) is 18.7 Å². The van der Waals surface area contributed by atoms with E-state index in [0.29, 0.717) is 6.54 Å². The summed E-state index contributed by atoms with van der Waals surface area (Å²) in [7, 11) is 0. The van der Waals surface area contributed by atoms with Crippen molar-refractivity contribution >= 4 is 41.5 Å². The van der Waals surface area contributed by atoms with Gasteiger partial charge in [-0.2, -0.15) is 0 Å². The van der Waals surface area contributed by atoms with E-state index in [1.807, 2.05) is 12.2 Å². The number of aromatic nitrogens is 2. The van der Waals surface area contributed by atoms with Gasteiger partial charge in [0.05, 0.1) is 12.4 Å². The molecule has 0 bridgehead atoms. The number of nitrogens with one attached hydrogen (secondary N) is 2. The van der Waals surface area contributed by atoms with Crippen LogP contribution in [0.5, 0.6) is 0 Å². The highest BCUT2D eigenvalue weighted by Gasteiger charge is 2.15. The lowest BCUT2D eigenvalue weighted by molar-refractivity contribution is -0.145. The fraction of sp³-hybridized carbons (Fsp3) is 0.467. The van der Waals surface area contributed by atoms with Crippen molar-refractivity contribution in [1.82, 2.24) is 20.6 Å². The summed E-state index contributed by atoms with van der Waals surface area (Å²) in [5.41, 5.74) is 5.70. The molecule has 3 amide bonds. The largest absolute Gasteiger partial charge is 0.462 e. The molecule has 0 saturated heterocycles. The molecular formula is C15H21N5O6S. The number of hydrogen-bond acceptors (Lipinski definition) is 10. The maximum absolute atomic E-state index is 11.6. The first kappa shape index (κ1) is 22.2. The molecule has 0 saturated carbocycles. The van der Waals surface area contributed by atoms with Crippen molar-refractivity contribution in [1.29, 1.82) is 0 Å². The number of anilines is 1. The van der Waals surface area contributed by atoms with Crippen LogP contribution in [0.15, 0.2) is 11.4 Å². The number of carbonyl (C=O) groups excluding carboxylic acids is 4. The van der Waals surface area contributed by atoms with Crippen LogP contribution in [0.4, 0.5) is 10.6 Å². The number of esters is 2. The lowest BCUT2D eigenvalue weighted by atomic mass is 10.3. The van der Waals surface area contributed by atoms with Gasteiger partial charge < -0.3 is 20.5 Å². The average Bonchev–Trinajstić information content (AvgIpc) is 2.63. The first-order valence-corrected chi connectivity index (χ1v) is 9.01. The third-order valence-electron chi connectivity index (χ3n) is 2.76. The van der Waals surface area contributed by atoms with Crippen LogP contribution in [0.1, 0.15) is 30.6 Å². The molecule has 0 atom stereocenters. The lowest BCUT2D eigenvalue weighted by Gasteiger charge is -2.07. The number of rotatable bonds is 9. The summed E-state index contributed by atoms with van der Waals surface area (Å²) in [6, 6.07) is -0.655. The van der Waals surface area contributed by atoms with Gasteiger partial charge in [-0.15, -0.1) is 0 Å². The van der Waals surface area contributed by atoms with Gasteiger partial charge in [0.15, 0.2) is 11.8 Å². The second-order valence-electron chi connectivity index (χ2n) is 4.93. The monoisotopic (exact) mass is 399 g/mol. The molecule has 148 valence electrons. The Morgan fingerprint density at radius 2 is 1.96 bits per heavy atom. The van der Waals surface area contributed by atoms with E-state index in [4.69, 9.17) is 15.2 Å². The minimum Gasteiger partial charge on any atom is -0.462 e. The minimum atomic E-state index is -0.749. The minimum absolute atomic E-state index is 0.0294. The van der Waals surface area contributed by atoms with Crippen molar-refractivity contribution < 1.29 is 28.7 Å². The van der Waals surface area contributed by atoms with E-state index in [1.165, 1.54) is 6.20 Å². The highest BCUT2D eigenvalue weighted by molar-refractivity contribution is 7.99. The third kappa shape index (κ3) is 8.35. The molecule has 12 heteroatoms. The van der Waals surface area contributed by atoms with Crippen molar-refractivity contribution in [3.8, 4) is 0 Å². The number of nitrogens with zero attached hydrogens (tertiary/aromatic N) is 2. The van der Waals surface area contributed by atoms with Crippen molar-refractivity contribution in [2.24, 2.45) is 0 Å². The van der Waals surface area contributed by atoms with Gasteiger partial charge in [0.2, 0.25) is 0 Å². The Morgan fingerprint density at radius 1 is 1.22 bits per heavy atom. The van der Waals surface area contributed by atoms with E-state index in [1.54, 1.807) is 6.92 Å². The van der Waals surface area contributed by atoms with Crippen molar-refractivity contribution in [3.63, 3.8) is 0 Å². The molecule has 27 heavy (non-hydrogen) atoms. The fourth-order valence-electron chi connectivity index (χ4n) is 1.57. The van der Waals surface area contributed by atoms with Crippen LogP contribution in [0.2, 0.25) is 0 Å². The number of nitrogens with two attached hydrogens (primary N) is 1. The van der Waals surface area contributed by atoms with E-state index in [9.17, 15) is 19.2 Å². The molecule has 0 aliphatic heterocycles. The SMILES string of the molecule is CCCNC(=O)NC(=O)COC(=O)CSc1ncc(C(=O)OCC)c(N)n1. The quantitative estimate of drug-likeness (QED) is 0.295. The van der Waals surface area contributed by atoms with Crippen LogP contribution in [-0.4, -0.2) is 59.4 Å². The van der Waals surface area contributed by atoms with Crippen molar-refractivity contribution in [3.05, 3.63) is 11.8 Å². The Bertz CT molecular complexity index is 699. The molecule has 0 aliphatic carbocycles. The second-order valence-corrected chi connectivity index (χ2v) is 5.87. The van der Waals surface area contributed by atoms with E-state index >= 15 is 0 Å². The Balaban J connectivity index is 2.40. The summed E-state index contributed by atoms with van der Waals surface area (Å²) < 4.78 is 9.55. The van der Waals surface area contributed by atoms with Crippen LogP contribution in [0.3, 0.4) is 0 Å². The summed E-state index contributed by atoms with van der Waals surface area (Å²) >= 11 is 0.913. The summed E-state index contributed by atoms with van der Waals surface area (Å²) in [4.78, 5) is 53.8. The van der Waals surface area contributed by atoms with Crippen molar-refractivity contribution in [2.75, 3.05) is 31.2 Å².